The standard InChI is InChI=1S/C15H19N3O4/c1-11-9-12(5-6-13(11)18(21)22)15(20)16-10-14(19)17-7-3-2-4-8-17/h5-6,9H,2-4,7-8,10H2,1H3,(H,16,20). The molecule has 7 nitrogen and oxygen atoms in total. The molecule has 2 amide bonds. The molecule has 1 aliphatic rings. The van der Waals surface area contributed by atoms with E-state index in [1.165, 1.54) is 18.2 Å². The maximum absolute atomic E-state index is 12.0. The first-order valence-corrected chi connectivity index (χ1v) is 7.30. The van der Waals surface area contributed by atoms with Crippen LogP contribution in [0.1, 0.15) is 35.2 Å². The number of hydrogen-bond acceptors (Lipinski definition) is 4. The molecule has 0 aromatic heterocycles. The maximum Gasteiger partial charge on any atom is 0.272 e. The summed E-state index contributed by atoms with van der Waals surface area (Å²) in [5, 5.41) is 13.3. The lowest BCUT2D eigenvalue weighted by Crippen LogP contribution is -2.42. The molecule has 1 heterocycles. The van der Waals surface area contributed by atoms with Crippen molar-refractivity contribution < 1.29 is 14.5 Å². The summed E-state index contributed by atoms with van der Waals surface area (Å²) in [6.07, 6.45) is 3.14. The number of benzene rings is 1. The minimum Gasteiger partial charge on any atom is -0.343 e. The van der Waals surface area contributed by atoms with Crippen molar-refractivity contribution in [1.29, 1.82) is 0 Å². The smallest absolute Gasteiger partial charge is 0.272 e. The normalized spacial score (nSPS) is 14.5. The van der Waals surface area contributed by atoms with Crippen LogP contribution in [0.5, 0.6) is 0 Å². The van der Waals surface area contributed by atoms with Gasteiger partial charge in [0.1, 0.15) is 0 Å². The van der Waals surface area contributed by atoms with E-state index in [0.717, 1.165) is 32.4 Å². The number of amides is 2. The molecule has 0 aliphatic carbocycles. The predicted octanol–water partition coefficient (Wildman–Crippen LogP) is 1.65. The van der Waals surface area contributed by atoms with Crippen LogP contribution in [0.3, 0.4) is 0 Å². The molecule has 0 saturated carbocycles. The average molecular weight is 305 g/mol. The lowest BCUT2D eigenvalue weighted by molar-refractivity contribution is -0.385. The highest BCUT2D eigenvalue weighted by Gasteiger charge is 2.18. The molecule has 0 spiro atoms. The van der Waals surface area contributed by atoms with E-state index in [2.05, 4.69) is 5.32 Å². The monoisotopic (exact) mass is 305 g/mol. The summed E-state index contributed by atoms with van der Waals surface area (Å²) in [6.45, 7) is 3.01. The largest absolute Gasteiger partial charge is 0.343 e. The molecule has 1 aromatic rings. The lowest BCUT2D eigenvalue weighted by Gasteiger charge is -2.26. The molecule has 0 atom stereocenters. The zero-order valence-corrected chi connectivity index (χ0v) is 12.5. The summed E-state index contributed by atoms with van der Waals surface area (Å²) in [4.78, 5) is 36.0. The first-order chi connectivity index (χ1) is 10.5. The number of nitrogens with one attached hydrogen (secondary N) is 1. The number of hydrogen-bond donors (Lipinski definition) is 1. The van der Waals surface area contributed by atoms with Crippen LogP contribution in [0.25, 0.3) is 0 Å². The van der Waals surface area contributed by atoms with Crippen LogP contribution in [-0.2, 0) is 4.79 Å². The van der Waals surface area contributed by atoms with Crippen LogP contribution in [0.15, 0.2) is 18.2 Å². The summed E-state index contributed by atoms with van der Waals surface area (Å²) < 4.78 is 0. The summed E-state index contributed by atoms with van der Waals surface area (Å²) in [5.74, 6) is -0.491. The van der Waals surface area contributed by atoms with Crippen molar-refractivity contribution in [3.05, 3.63) is 39.4 Å². The summed E-state index contributed by atoms with van der Waals surface area (Å²) in [5.41, 5.74) is 0.704. The summed E-state index contributed by atoms with van der Waals surface area (Å²) >= 11 is 0. The van der Waals surface area contributed by atoms with E-state index in [1.807, 2.05) is 0 Å². The molecule has 1 fully saturated rings. The number of carbonyl (C=O) groups is 2. The Morgan fingerprint density at radius 2 is 1.95 bits per heavy atom. The first-order valence-electron chi connectivity index (χ1n) is 7.30. The Balaban J connectivity index is 1.93. The fourth-order valence-corrected chi connectivity index (χ4v) is 2.51. The lowest BCUT2D eigenvalue weighted by atomic mass is 10.1. The van der Waals surface area contributed by atoms with Crippen molar-refractivity contribution in [2.45, 2.75) is 26.2 Å². The van der Waals surface area contributed by atoms with Gasteiger partial charge in [0.05, 0.1) is 11.5 Å². The Morgan fingerprint density at radius 3 is 2.55 bits per heavy atom. The number of likely N-dealkylation sites (tertiary alicyclic amines) is 1. The van der Waals surface area contributed by atoms with Gasteiger partial charge in [-0.25, -0.2) is 0 Å². The highest BCUT2D eigenvalue weighted by Crippen LogP contribution is 2.18. The second-order valence-corrected chi connectivity index (χ2v) is 5.38. The molecule has 7 heteroatoms. The van der Waals surface area contributed by atoms with E-state index >= 15 is 0 Å². The number of aryl methyl sites for hydroxylation is 1. The topological polar surface area (TPSA) is 92.6 Å². The van der Waals surface area contributed by atoms with Gasteiger partial charge in [0.2, 0.25) is 5.91 Å². The van der Waals surface area contributed by atoms with Crippen LogP contribution in [0.2, 0.25) is 0 Å². The Kier molecular flexibility index (Phi) is 5.08. The van der Waals surface area contributed by atoms with Gasteiger partial charge < -0.3 is 10.2 Å². The van der Waals surface area contributed by atoms with Gasteiger partial charge >= 0.3 is 0 Å². The van der Waals surface area contributed by atoms with Gasteiger partial charge in [-0.1, -0.05) is 0 Å². The van der Waals surface area contributed by atoms with Crippen LogP contribution in [0, 0.1) is 17.0 Å². The molecule has 1 saturated heterocycles. The molecule has 1 N–H and O–H groups in total. The minimum atomic E-state index is -0.489. The molecule has 2 rings (SSSR count). The Bertz CT molecular complexity index is 594. The van der Waals surface area contributed by atoms with Crippen molar-refractivity contribution >= 4 is 17.5 Å². The molecule has 1 aliphatic heterocycles. The third kappa shape index (κ3) is 3.81. The van der Waals surface area contributed by atoms with Gasteiger partial charge in [-0.2, -0.15) is 0 Å². The minimum absolute atomic E-state index is 0.0269. The highest BCUT2D eigenvalue weighted by atomic mass is 16.6. The highest BCUT2D eigenvalue weighted by molar-refractivity contribution is 5.96. The van der Waals surface area contributed by atoms with Crippen LogP contribution in [-0.4, -0.2) is 41.3 Å². The van der Waals surface area contributed by atoms with Gasteiger partial charge in [-0.3, -0.25) is 19.7 Å². The fraction of sp³-hybridized carbons (Fsp3) is 0.467. The number of rotatable bonds is 4. The molecule has 0 unspecified atom stereocenters. The zero-order chi connectivity index (χ0) is 16.1. The molecule has 22 heavy (non-hydrogen) atoms. The average Bonchev–Trinajstić information content (AvgIpc) is 2.52. The Labute approximate surface area is 128 Å². The Morgan fingerprint density at radius 1 is 1.27 bits per heavy atom. The van der Waals surface area contributed by atoms with Crippen LogP contribution < -0.4 is 5.32 Å². The van der Waals surface area contributed by atoms with Crippen molar-refractivity contribution in [3.8, 4) is 0 Å². The third-order valence-corrected chi connectivity index (χ3v) is 3.76. The van der Waals surface area contributed by atoms with Gasteiger partial charge in [0.25, 0.3) is 11.6 Å². The summed E-state index contributed by atoms with van der Waals surface area (Å²) in [7, 11) is 0. The van der Waals surface area contributed by atoms with Gasteiger partial charge in [0, 0.05) is 30.3 Å². The number of nitro groups is 1. The molecular weight excluding hydrogens is 286 g/mol. The van der Waals surface area contributed by atoms with Crippen molar-refractivity contribution in [3.63, 3.8) is 0 Å². The Hall–Kier alpha value is -2.44. The molecule has 118 valence electrons. The summed E-state index contributed by atoms with van der Waals surface area (Å²) in [6, 6.07) is 4.15. The number of piperidine rings is 1. The van der Waals surface area contributed by atoms with E-state index in [1.54, 1.807) is 11.8 Å². The van der Waals surface area contributed by atoms with Crippen LogP contribution >= 0.6 is 0 Å². The van der Waals surface area contributed by atoms with Gasteiger partial charge in [0.15, 0.2) is 0 Å². The molecule has 1 aromatic carbocycles. The van der Waals surface area contributed by atoms with Crippen LogP contribution in [0.4, 0.5) is 5.69 Å². The van der Waals surface area contributed by atoms with Crippen molar-refractivity contribution in [2.75, 3.05) is 19.6 Å². The van der Waals surface area contributed by atoms with E-state index in [4.69, 9.17) is 0 Å². The number of nitro benzene ring substituents is 1. The SMILES string of the molecule is Cc1cc(C(=O)NCC(=O)N2CCCCC2)ccc1[N+](=O)[O-]. The first kappa shape index (κ1) is 15.9. The molecule has 0 bridgehead atoms. The fourth-order valence-electron chi connectivity index (χ4n) is 2.51. The maximum atomic E-state index is 12.0. The molecule has 0 radical (unpaired) electrons. The van der Waals surface area contributed by atoms with Gasteiger partial charge in [-0.15, -0.1) is 0 Å². The number of nitrogens with zero attached hydrogens (tertiary/aromatic N) is 2. The van der Waals surface area contributed by atoms with E-state index in [-0.39, 0.29) is 18.1 Å². The second kappa shape index (κ2) is 7.02. The van der Waals surface area contributed by atoms with Crippen molar-refractivity contribution in [1.82, 2.24) is 10.2 Å². The van der Waals surface area contributed by atoms with E-state index < -0.39 is 10.8 Å². The second-order valence-electron chi connectivity index (χ2n) is 5.38. The third-order valence-electron chi connectivity index (χ3n) is 3.76. The van der Waals surface area contributed by atoms with E-state index in [9.17, 15) is 19.7 Å². The van der Waals surface area contributed by atoms with Gasteiger partial charge in [-0.05, 0) is 38.3 Å². The predicted molar refractivity (Wildman–Crippen MR) is 80.6 cm³/mol. The molecular formula is C15H19N3O4. The number of carbonyl (C=O) groups excluding carboxylic acids is 2. The van der Waals surface area contributed by atoms with Crippen molar-refractivity contribution in [2.24, 2.45) is 0 Å². The van der Waals surface area contributed by atoms with E-state index in [0.29, 0.717) is 11.1 Å². The zero-order valence-electron chi connectivity index (χ0n) is 12.5. The quantitative estimate of drug-likeness (QED) is 0.676.